The molecule has 0 bridgehead atoms. The van der Waals surface area contributed by atoms with Crippen LogP contribution in [0.2, 0.25) is 5.02 Å². The third-order valence-electron chi connectivity index (χ3n) is 4.58. The van der Waals surface area contributed by atoms with Crippen LogP contribution in [0.1, 0.15) is 27.0 Å². The SMILES string of the molecule is Cc1ccc(NS(=O)(=O)c2cccc(C(=O)N/N=C/c3ccc(Cl)c([N+](=O)[O-])c3)c2)c(C)c1. The van der Waals surface area contributed by atoms with Crippen LogP contribution in [0, 0.1) is 24.0 Å². The van der Waals surface area contributed by atoms with Crippen LogP contribution in [0.15, 0.2) is 70.7 Å². The number of carbonyl (C=O) groups is 1. The lowest BCUT2D eigenvalue weighted by Gasteiger charge is -2.12. The van der Waals surface area contributed by atoms with Crippen LogP contribution in [-0.2, 0) is 10.0 Å². The van der Waals surface area contributed by atoms with Gasteiger partial charge in [-0.05, 0) is 49.7 Å². The molecule has 0 aliphatic rings. The first-order valence-corrected chi connectivity index (χ1v) is 11.4. The number of nitrogens with zero attached hydrogens (tertiary/aromatic N) is 2. The molecule has 0 spiro atoms. The van der Waals surface area contributed by atoms with Crippen LogP contribution in [0.4, 0.5) is 11.4 Å². The van der Waals surface area contributed by atoms with Crippen LogP contribution >= 0.6 is 11.6 Å². The summed E-state index contributed by atoms with van der Waals surface area (Å²) in [6.07, 6.45) is 1.21. The Morgan fingerprint density at radius 3 is 2.55 bits per heavy atom. The van der Waals surface area contributed by atoms with Crippen molar-refractivity contribution in [3.8, 4) is 0 Å². The fraction of sp³-hybridized carbons (Fsp3) is 0.0909. The summed E-state index contributed by atoms with van der Waals surface area (Å²) >= 11 is 5.76. The first-order chi connectivity index (χ1) is 15.6. The van der Waals surface area contributed by atoms with Gasteiger partial charge in [-0.25, -0.2) is 13.8 Å². The number of sulfonamides is 1. The number of hydrazone groups is 1. The third-order valence-corrected chi connectivity index (χ3v) is 6.26. The number of amides is 1. The molecule has 2 N–H and O–H groups in total. The van der Waals surface area contributed by atoms with E-state index in [2.05, 4.69) is 15.2 Å². The molecule has 11 heteroatoms. The molecule has 0 radical (unpaired) electrons. The molecular formula is C22H19ClN4O5S. The van der Waals surface area contributed by atoms with E-state index in [9.17, 15) is 23.3 Å². The molecule has 0 saturated carbocycles. The van der Waals surface area contributed by atoms with Crippen molar-refractivity contribution in [1.82, 2.24) is 5.43 Å². The molecule has 3 aromatic rings. The summed E-state index contributed by atoms with van der Waals surface area (Å²) in [5.41, 5.74) is 4.60. The smallest absolute Gasteiger partial charge is 0.279 e. The molecule has 0 fully saturated rings. The van der Waals surface area contributed by atoms with Gasteiger partial charge in [-0.15, -0.1) is 0 Å². The molecule has 0 saturated heterocycles. The van der Waals surface area contributed by atoms with Gasteiger partial charge in [0.2, 0.25) is 0 Å². The van der Waals surface area contributed by atoms with E-state index in [1.54, 1.807) is 19.1 Å². The lowest BCUT2D eigenvalue weighted by Crippen LogP contribution is -2.19. The summed E-state index contributed by atoms with van der Waals surface area (Å²) in [6, 6.07) is 14.9. The minimum absolute atomic E-state index is 0.0198. The highest BCUT2D eigenvalue weighted by Gasteiger charge is 2.17. The molecule has 3 aromatic carbocycles. The van der Waals surface area contributed by atoms with Crippen LogP contribution in [-0.4, -0.2) is 25.5 Å². The zero-order chi connectivity index (χ0) is 24.2. The Balaban J connectivity index is 1.74. The van der Waals surface area contributed by atoms with E-state index in [-0.39, 0.29) is 21.2 Å². The molecule has 0 unspecified atom stereocenters. The predicted molar refractivity (Wildman–Crippen MR) is 126 cm³/mol. The molecule has 1 amide bonds. The summed E-state index contributed by atoms with van der Waals surface area (Å²) in [5.74, 6) is -0.654. The summed E-state index contributed by atoms with van der Waals surface area (Å²) in [5, 5.41) is 14.7. The Morgan fingerprint density at radius 2 is 1.85 bits per heavy atom. The van der Waals surface area contributed by atoms with Gasteiger partial charge in [0.25, 0.3) is 21.6 Å². The van der Waals surface area contributed by atoms with E-state index >= 15 is 0 Å². The summed E-state index contributed by atoms with van der Waals surface area (Å²) in [7, 11) is -3.93. The molecule has 0 aliphatic carbocycles. The Kier molecular flexibility index (Phi) is 7.10. The largest absolute Gasteiger partial charge is 0.288 e. The van der Waals surface area contributed by atoms with E-state index in [1.165, 1.54) is 48.7 Å². The number of nitro benzene ring substituents is 1. The monoisotopic (exact) mass is 486 g/mol. The number of hydrogen-bond donors (Lipinski definition) is 2. The van der Waals surface area contributed by atoms with Gasteiger partial charge in [0.1, 0.15) is 5.02 Å². The van der Waals surface area contributed by atoms with E-state index in [0.29, 0.717) is 11.3 Å². The molecular weight excluding hydrogens is 468 g/mol. The summed E-state index contributed by atoms with van der Waals surface area (Å²) < 4.78 is 28.1. The van der Waals surface area contributed by atoms with Crippen molar-refractivity contribution in [2.24, 2.45) is 5.10 Å². The van der Waals surface area contributed by atoms with Gasteiger partial charge >= 0.3 is 0 Å². The number of hydrogen-bond acceptors (Lipinski definition) is 6. The predicted octanol–water partition coefficient (Wildman–Crippen LogP) is 4.43. The normalized spacial score (nSPS) is 11.4. The Morgan fingerprint density at radius 1 is 1.09 bits per heavy atom. The van der Waals surface area contributed by atoms with Crippen molar-refractivity contribution < 1.29 is 18.1 Å². The van der Waals surface area contributed by atoms with Crippen LogP contribution in [0.5, 0.6) is 0 Å². The number of nitrogens with one attached hydrogen (secondary N) is 2. The van der Waals surface area contributed by atoms with Crippen LogP contribution in [0.3, 0.4) is 0 Å². The quantitative estimate of drug-likeness (QED) is 0.290. The van der Waals surface area contributed by atoms with Crippen LogP contribution in [0.25, 0.3) is 0 Å². The van der Waals surface area contributed by atoms with Gasteiger partial charge < -0.3 is 0 Å². The van der Waals surface area contributed by atoms with Crippen molar-refractivity contribution in [3.63, 3.8) is 0 Å². The van der Waals surface area contributed by atoms with Crippen LogP contribution < -0.4 is 10.1 Å². The topological polar surface area (TPSA) is 131 Å². The van der Waals surface area contributed by atoms with E-state index in [1.807, 2.05) is 13.0 Å². The Hall–Kier alpha value is -3.76. The zero-order valence-corrected chi connectivity index (χ0v) is 19.1. The van der Waals surface area contributed by atoms with Crippen molar-refractivity contribution in [2.75, 3.05) is 4.72 Å². The van der Waals surface area contributed by atoms with Gasteiger partial charge in [-0.2, -0.15) is 5.10 Å². The summed E-state index contributed by atoms with van der Waals surface area (Å²) in [6.45, 7) is 3.70. The standard InChI is InChI=1S/C22H19ClN4O5S/c1-14-6-9-20(15(2)10-14)26-33(31,32)18-5-3-4-17(12-18)22(28)25-24-13-16-7-8-19(23)21(11-16)27(29)30/h3-13,26H,1-2H3,(H,25,28)/b24-13+. The van der Waals surface area contributed by atoms with Crippen molar-refractivity contribution in [3.05, 3.63) is 98.1 Å². The molecule has 0 aromatic heterocycles. The first kappa shape index (κ1) is 23.9. The molecule has 9 nitrogen and oxygen atoms in total. The lowest BCUT2D eigenvalue weighted by atomic mass is 10.1. The van der Waals surface area contributed by atoms with Gasteiger partial charge in [0.05, 0.1) is 21.7 Å². The second-order valence-electron chi connectivity index (χ2n) is 7.12. The highest BCUT2D eigenvalue weighted by molar-refractivity contribution is 7.92. The number of rotatable bonds is 7. The Bertz CT molecular complexity index is 1370. The molecule has 33 heavy (non-hydrogen) atoms. The minimum atomic E-state index is -3.93. The average molecular weight is 487 g/mol. The van der Waals surface area contributed by atoms with E-state index in [0.717, 1.165) is 11.1 Å². The number of aryl methyl sites for hydroxylation is 2. The van der Waals surface area contributed by atoms with Crippen molar-refractivity contribution >= 4 is 45.1 Å². The van der Waals surface area contributed by atoms with Crippen molar-refractivity contribution in [1.29, 1.82) is 0 Å². The zero-order valence-electron chi connectivity index (χ0n) is 17.6. The number of carbonyl (C=O) groups excluding carboxylic acids is 1. The fourth-order valence-corrected chi connectivity index (χ4v) is 4.28. The lowest BCUT2D eigenvalue weighted by molar-refractivity contribution is -0.384. The number of nitro groups is 1. The molecule has 0 atom stereocenters. The van der Waals surface area contributed by atoms with Crippen molar-refractivity contribution in [2.45, 2.75) is 18.7 Å². The highest BCUT2D eigenvalue weighted by atomic mass is 35.5. The second-order valence-corrected chi connectivity index (χ2v) is 9.21. The minimum Gasteiger partial charge on any atom is -0.279 e. The second kappa shape index (κ2) is 9.80. The van der Waals surface area contributed by atoms with Gasteiger partial charge in [-0.3, -0.25) is 19.6 Å². The molecule has 0 heterocycles. The van der Waals surface area contributed by atoms with Gasteiger partial charge in [-0.1, -0.05) is 41.4 Å². The van der Waals surface area contributed by atoms with Gasteiger partial charge in [0, 0.05) is 17.2 Å². The maximum Gasteiger partial charge on any atom is 0.288 e. The average Bonchev–Trinajstić information content (AvgIpc) is 2.76. The molecule has 3 rings (SSSR count). The number of halogens is 1. The summed E-state index contributed by atoms with van der Waals surface area (Å²) in [4.78, 5) is 22.7. The molecule has 170 valence electrons. The Labute approximate surface area is 195 Å². The van der Waals surface area contributed by atoms with Gasteiger partial charge in [0.15, 0.2) is 0 Å². The number of anilines is 1. The third kappa shape index (κ3) is 5.93. The van der Waals surface area contributed by atoms with E-state index < -0.39 is 20.9 Å². The maximum atomic E-state index is 12.8. The highest BCUT2D eigenvalue weighted by Crippen LogP contribution is 2.24. The fourth-order valence-electron chi connectivity index (χ4n) is 2.92. The molecule has 0 aliphatic heterocycles. The maximum absolute atomic E-state index is 12.8. The number of benzene rings is 3. The van der Waals surface area contributed by atoms with E-state index in [4.69, 9.17) is 11.6 Å². The first-order valence-electron chi connectivity index (χ1n) is 9.54.